The molecule has 3 nitrogen and oxygen atoms in total. The molecule has 0 amide bonds. The van der Waals surface area contributed by atoms with E-state index in [2.05, 4.69) is 15.9 Å². The maximum Gasteiger partial charge on any atom is 0.161 e. The molecule has 3 aromatic rings. The molecule has 0 bridgehead atoms. The number of ether oxygens (including phenoxy) is 2. The van der Waals surface area contributed by atoms with Crippen molar-refractivity contribution in [2.24, 2.45) is 0 Å². The second kappa shape index (κ2) is 5.21. The van der Waals surface area contributed by atoms with Crippen LogP contribution in [0.25, 0.3) is 22.3 Å². The average Bonchev–Trinajstić information content (AvgIpc) is 2.90. The van der Waals surface area contributed by atoms with Crippen LogP contribution in [-0.2, 0) is 0 Å². The van der Waals surface area contributed by atoms with E-state index in [1.54, 1.807) is 14.2 Å². The molecule has 3 rings (SSSR count). The Balaban J connectivity index is 2.18. The Hall–Kier alpha value is -1.94. The van der Waals surface area contributed by atoms with E-state index in [4.69, 9.17) is 13.9 Å². The topological polar surface area (TPSA) is 31.6 Å². The third-order valence-corrected chi connectivity index (χ3v) is 3.82. The fraction of sp³-hybridized carbons (Fsp3) is 0.125. The van der Waals surface area contributed by atoms with Crippen LogP contribution in [0, 0.1) is 0 Å². The SMILES string of the molecule is COc1cc(Br)c(-c2cc3ccccc3o2)cc1OC. The molecule has 1 heterocycles. The highest BCUT2D eigenvalue weighted by molar-refractivity contribution is 9.10. The number of para-hydroxylation sites is 1. The summed E-state index contributed by atoms with van der Waals surface area (Å²) in [7, 11) is 3.24. The molecule has 0 atom stereocenters. The first-order valence-corrected chi connectivity index (χ1v) is 6.92. The van der Waals surface area contributed by atoms with Crippen molar-refractivity contribution in [3.63, 3.8) is 0 Å². The van der Waals surface area contributed by atoms with Crippen molar-refractivity contribution in [1.29, 1.82) is 0 Å². The summed E-state index contributed by atoms with van der Waals surface area (Å²) in [5.41, 5.74) is 1.79. The minimum atomic E-state index is 0.672. The van der Waals surface area contributed by atoms with E-state index in [1.807, 2.05) is 42.5 Å². The monoisotopic (exact) mass is 332 g/mol. The van der Waals surface area contributed by atoms with Crippen molar-refractivity contribution < 1.29 is 13.9 Å². The number of halogens is 1. The van der Waals surface area contributed by atoms with Crippen LogP contribution < -0.4 is 9.47 Å². The number of methoxy groups -OCH3 is 2. The van der Waals surface area contributed by atoms with E-state index in [1.165, 1.54) is 0 Å². The predicted molar refractivity (Wildman–Crippen MR) is 82.5 cm³/mol. The van der Waals surface area contributed by atoms with Gasteiger partial charge in [0.1, 0.15) is 11.3 Å². The lowest BCUT2D eigenvalue weighted by Gasteiger charge is -2.10. The van der Waals surface area contributed by atoms with Crippen LogP contribution >= 0.6 is 15.9 Å². The van der Waals surface area contributed by atoms with Gasteiger partial charge < -0.3 is 13.9 Å². The van der Waals surface area contributed by atoms with Crippen LogP contribution in [0.4, 0.5) is 0 Å². The van der Waals surface area contributed by atoms with E-state index in [9.17, 15) is 0 Å². The summed E-state index contributed by atoms with van der Waals surface area (Å²) < 4.78 is 17.4. The zero-order valence-corrected chi connectivity index (χ0v) is 12.7. The summed E-state index contributed by atoms with van der Waals surface area (Å²) in [6.07, 6.45) is 0. The molecule has 0 saturated heterocycles. The first-order chi connectivity index (χ1) is 9.72. The highest BCUT2D eigenvalue weighted by Crippen LogP contribution is 2.40. The van der Waals surface area contributed by atoms with Crippen molar-refractivity contribution >= 4 is 26.9 Å². The highest BCUT2D eigenvalue weighted by Gasteiger charge is 2.14. The van der Waals surface area contributed by atoms with Crippen molar-refractivity contribution in [3.05, 3.63) is 46.9 Å². The second-order valence-corrected chi connectivity index (χ2v) is 5.19. The van der Waals surface area contributed by atoms with Gasteiger partial charge in [-0.1, -0.05) is 18.2 Å². The summed E-state index contributed by atoms with van der Waals surface area (Å²) in [4.78, 5) is 0. The Bertz CT molecular complexity index is 729. The smallest absolute Gasteiger partial charge is 0.161 e. The Morgan fingerprint density at radius 3 is 2.35 bits per heavy atom. The molecule has 1 aromatic heterocycles. The Morgan fingerprint density at radius 2 is 1.65 bits per heavy atom. The van der Waals surface area contributed by atoms with Crippen molar-refractivity contribution in [1.82, 2.24) is 0 Å². The third-order valence-electron chi connectivity index (χ3n) is 3.16. The summed E-state index contributed by atoms with van der Waals surface area (Å²) in [5, 5.41) is 1.07. The van der Waals surface area contributed by atoms with Gasteiger partial charge in [-0.25, -0.2) is 0 Å². The van der Waals surface area contributed by atoms with Gasteiger partial charge in [0.2, 0.25) is 0 Å². The second-order valence-electron chi connectivity index (χ2n) is 4.34. The number of rotatable bonds is 3. The molecule has 0 spiro atoms. The molecular formula is C16H13BrO3. The van der Waals surface area contributed by atoms with Crippen LogP contribution in [0.15, 0.2) is 51.4 Å². The number of benzene rings is 2. The summed E-state index contributed by atoms with van der Waals surface area (Å²) >= 11 is 3.55. The van der Waals surface area contributed by atoms with Crippen LogP contribution in [0.5, 0.6) is 11.5 Å². The van der Waals surface area contributed by atoms with Crippen molar-refractivity contribution in [3.8, 4) is 22.8 Å². The fourth-order valence-electron chi connectivity index (χ4n) is 2.16. The van der Waals surface area contributed by atoms with Gasteiger partial charge in [0.15, 0.2) is 11.5 Å². The number of furan rings is 1. The Labute approximate surface area is 125 Å². The molecule has 2 aromatic carbocycles. The van der Waals surface area contributed by atoms with Gasteiger partial charge in [0, 0.05) is 15.4 Å². The first kappa shape index (κ1) is 13.1. The van der Waals surface area contributed by atoms with Crippen LogP contribution in [0.1, 0.15) is 0 Å². The van der Waals surface area contributed by atoms with Crippen LogP contribution in [-0.4, -0.2) is 14.2 Å². The van der Waals surface area contributed by atoms with Crippen molar-refractivity contribution in [2.75, 3.05) is 14.2 Å². The molecule has 0 radical (unpaired) electrons. The summed E-state index contributed by atoms with van der Waals surface area (Å²) in [6, 6.07) is 13.7. The molecule has 0 aliphatic carbocycles. The first-order valence-electron chi connectivity index (χ1n) is 6.13. The van der Waals surface area contributed by atoms with Gasteiger partial charge in [-0.05, 0) is 40.2 Å². The maximum atomic E-state index is 5.88. The van der Waals surface area contributed by atoms with Crippen molar-refractivity contribution in [2.45, 2.75) is 0 Å². The molecule has 0 aliphatic rings. The molecule has 20 heavy (non-hydrogen) atoms. The largest absolute Gasteiger partial charge is 0.493 e. The zero-order valence-electron chi connectivity index (χ0n) is 11.1. The lowest BCUT2D eigenvalue weighted by molar-refractivity contribution is 0.355. The van der Waals surface area contributed by atoms with E-state index < -0.39 is 0 Å². The minimum Gasteiger partial charge on any atom is -0.493 e. The number of hydrogen-bond acceptors (Lipinski definition) is 3. The molecule has 0 aliphatic heterocycles. The molecule has 102 valence electrons. The van der Waals surface area contributed by atoms with Crippen LogP contribution in [0.2, 0.25) is 0 Å². The zero-order chi connectivity index (χ0) is 14.1. The summed E-state index contributed by atoms with van der Waals surface area (Å²) in [5.74, 6) is 2.14. The lowest BCUT2D eigenvalue weighted by atomic mass is 10.1. The van der Waals surface area contributed by atoms with Gasteiger partial charge in [-0.3, -0.25) is 0 Å². The van der Waals surface area contributed by atoms with Gasteiger partial charge in [0.05, 0.1) is 14.2 Å². The van der Waals surface area contributed by atoms with Gasteiger partial charge in [-0.2, -0.15) is 0 Å². The fourth-order valence-corrected chi connectivity index (χ4v) is 2.68. The van der Waals surface area contributed by atoms with Crippen LogP contribution in [0.3, 0.4) is 0 Å². The minimum absolute atomic E-state index is 0.672. The molecule has 4 heteroatoms. The normalized spacial score (nSPS) is 10.8. The Morgan fingerprint density at radius 1 is 0.950 bits per heavy atom. The summed E-state index contributed by atoms with van der Waals surface area (Å²) in [6.45, 7) is 0. The number of fused-ring (bicyclic) bond motifs is 1. The van der Waals surface area contributed by atoms with E-state index in [0.29, 0.717) is 11.5 Å². The van der Waals surface area contributed by atoms with E-state index in [0.717, 1.165) is 26.8 Å². The predicted octanol–water partition coefficient (Wildman–Crippen LogP) is 4.88. The van der Waals surface area contributed by atoms with Gasteiger partial charge in [0.25, 0.3) is 0 Å². The maximum absolute atomic E-state index is 5.88. The lowest BCUT2D eigenvalue weighted by Crippen LogP contribution is -1.91. The molecule has 0 saturated carbocycles. The van der Waals surface area contributed by atoms with Gasteiger partial charge >= 0.3 is 0 Å². The molecule has 0 unspecified atom stereocenters. The third kappa shape index (κ3) is 2.16. The average molecular weight is 333 g/mol. The quantitative estimate of drug-likeness (QED) is 0.685. The standard InChI is InChI=1S/C16H13BrO3/c1-18-15-8-11(12(17)9-16(15)19-2)14-7-10-5-3-4-6-13(10)20-14/h3-9H,1-2H3. The molecule has 0 N–H and O–H groups in total. The number of hydrogen-bond donors (Lipinski definition) is 0. The van der Waals surface area contributed by atoms with E-state index in [-0.39, 0.29) is 0 Å². The van der Waals surface area contributed by atoms with E-state index >= 15 is 0 Å². The van der Waals surface area contributed by atoms with Gasteiger partial charge in [-0.15, -0.1) is 0 Å². The highest BCUT2D eigenvalue weighted by atomic mass is 79.9. The Kier molecular flexibility index (Phi) is 3.40. The molecular weight excluding hydrogens is 320 g/mol. The molecule has 0 fully saturated rings.